The largest absolute Gasteiger partial charge is 0.349 e. The van der Waals surface area contributed by atoms with Crippen LogP contribution < -0.4 is 5.32 Å². The number of carbonyl (C=O) groups excluding carboxylic acids is 1. The Labute approximate surface area is 112 Å². The van der Waals surface area contributed by atoms with Crippen LogP contribution in [0.1, 0.15) is 33.1 Å². The van der Waals surface area contributed by atoms with Crippen molar-refractivity contribution in [3.05, 3.63) is 0 Å². The Hall–Kier alpha value is -0.610. The molecule has 0 aromatic rings. The van der Waals surface area contributed by atoms with E-state index in [4.69, 9.17) is 0 Å². The fourth-order valence-corrected chi connectivity index (χ4v) is 2.40. The summed E-state index contributed by atoms with van der Waals surface area (Å²) >= 11 is 0. The topological polar surface area (TPSA) is 35.6 Å². The van der Waals surface area contributed by atoms with E-state index < -0.39 is 0 Å². The molecule has 18 heavy (non-hydrogen) atoms. The third-order valence-corrected chi connectivity index (χ3v) is 3.56. The third-order valence-electron chi connectivity index (χ3n) is 3.56. The van der Waals surface area contributed by atoms with E-state index in [0.29, 0.717) is 12.5 Å². The summed E-state index contributed by atoms with van der Waals surface area (Å²) in [7, 11) is 3.65. The Morgan fingerprint density at radius 1 is 1.44 bits per heavy atom. The second kappa shape index (κ2) is 7.74. The number of hydrogen-bond acceptors (Lipinski definition) is 3. The summed E-state index contributed by atoms with van der Waals surface area (Å²) in [5.74, 6) is 0.980. The molecule has 0 bridgehead atoms. The first-order valence-corrected chi connectivity index (χ1v) is 7.15. The van der Waals surface area contributed by atoms with Crippen LogP contribution in [0.15, 0.2) is 0 Å². The van der Waals surface area contributed by atoms with E-state index in [1.165, 1.54) is 12.8 Å². The summed E-state index contributed by atoms with van der Waals surface area (Å²) in [6.45, 7) is 8.69. The van der Waals surface area contributed by atoms with Crippen LogP contribution in [-0.4, -0.2) is 62.0 Å². The van der Waals surface area contributed by atoms with Crippen molar-refractivity contribution in [1.82, 2.24) is 15.1 Å². The molecule has 1 atom stereocenters. The lowest BCUT2D eigenvalue weighted by atomic mass is 9.97. The molecule has 0 spiro atoms. The first-order chi connectivity index (χ1) is 8.49. The monoisotopic (exact) mass is 255 g/mol. The Kier molecular flexibility index (Phi) is 6.65. The first kappa shape index (κ1) is 15.4. The van der Waals surface area contributed by atoms with Crippen LogP contribution in [-0.2, 0) is 4.79 Å². The van der Waals surface area contributed by atoms with E-state index in [1.54, 1.807) is 4.90 Å². The molecule has 1 heterocycles. The third kappa shape index (κ3) is 5.83. The lowest BCUT2D eigenvalue weighted by molar-refractivity contribution is -0.129. The maximum Gasteiger partial charge on any atom is 0.223 e. The van der Waals surface area contributed by atoms with Gasteiger partial charge in [0, 0.05) is 39.6 Å². The molecule has 0 aromatic heterocycles. The van der Waals surface area contributed by atoms with Gasteiger partial charge in [-0.2, -0.15) is 0 Å². The number of likely N-dealkylation sites (tertiary alicyclic amines) is 1. The van der Waals surface area contributed by atoms with Gasteiger partial charge in [0.2, 0.25) is 5.91 Å². The minimum Gasteiger partial charge on any atom is -0.349 e. The highest BCUT2D eigenvalue weighted by molar-refractivity contribution is 5.75. The molecule has 4 heteroatoms. The zero-order valence-electron chi connectivity index (χ0n) is 12.4. The van der Waals surface area contributed by atoms with Crippen molar-refractivity contribution in [2.24, 2.45) is 5.92 Å². The summed E-state index contributed by atoms with van der Waals surface area (Å²) in [4.78, 5) is 15.7. The molecule has 0 aromatic carbocycles. The summed E-state index contributed by atoms with van der Waals surface area (Å²) in [6, 6.07) is 0.565. The number of nitrogens with zero attached hydrogens (tertiary/aromatic N) is 2. The maximum absolute atomic E-state index is 11.6. The van der Waals surface area contributed by atoms with Crippen LogP contribution in [0.5, 0.6) is 0 Å². The van der Waals surface area contributed by atoms with E-state index in [-0.39, 0.29) is 5.91 Å². The van der Waals surface area contributed by atoms with Gasteiger partial charge in [0.05, 0.1) is 0 Å². The molecule has 0 saturated carbocycles. The average Bonchev–Trinajstić information content (AvgIpc) is 2.33. The fourth-order valence-electron chi connectivity index (χ4n) is 2.40. The molecule has 1 amide bonds. The van der Waals surface area contributed by atoms with Crippen LogP contribution in [0.2, 0.25) is 0 Å². The zero-order valence-corrected chi connectivity index (χ0v) is 12.4. The highest BCUT2D eigenvalue weighted by atomic mass is 16.2. The number of hydrogen-bond donors (Lipinski definition) is 1. The maximum atomic E-state index is 11.6. The molecule has 106 valence electrons. The molecule has 0 radical (unpaired) electrons. The number of nitrogens with one attached hydrogen (secondary N) is 1. The normalized spacial score (nSPS) is 21.3. The second-order valence-corrected chi connectivity index (χ2v) is 5.91. The Morgan fingerprint density at radius 2 is 2.17 bits per heavy atom. The SMILES string of the molecule is CC(C)NCC1CCCN(CCC(=O)N(C)C)C1. The van der Waals surface area contributed by atoms with Gasteiger partial charge in [0.15, 0.2) is 0 Å². The Bertz CT molecular complexity index is 253. The lowest BCUT2D eigenvalue weighted by Crippen LogP contribution is -2.42. The number of carbonyl (C=O) groups is 1. The van der Waals surface area contributed by atoms with Gasteiger partial charge in [-0.3, -0.25) is 4.79 Å². The van der Waals surface area contributed by atoms with Crippen molar-refractivity contribution in [2.75, 3.05) is 40.3 Å². The molecule has 1 aliphatic heterocycles. The van der Waals surface area contributed by atoms with Crippen molar-refractivity contribution in [2.45, 2.75) is 39.2 Å². The average molecular weight is 255 g/mol. The van der Waals surface area contributed by atoms with E-state index in [2.05, 4.69) is 24.1 Å². The van der Waals surface area contributed by atoms with E-state index in [1.807, 2.05) is 14.1 Å². The van der Waals surface area contributed by atoms with Gasteiger partial charge < -0.3 is 15.1 Å². The van der Waals surface area contributed by atoms with Crippen LogP contribution in [0.3, 0.4) is 0 Å². The van der Waals surface area contributed by atoms with Crippen LogP contribution in [0, 0.1) is 5.92 Å². The van der Waals surface area contributed by atoms with Gasteiger partial charge in [-0.25, -0.2) is 0 Å². The number of piperidine rings is 1. The molecule has 1 saturated heterocycles. The van der Waals surface area contributed by atoms with Gasteiger partial charge >= 0.3 is 0 Å². The van der Waals surface area contributed by atoms with Crippen molar-refractivity contribution < 1.29 is 4.79 Å². The van der Waals surface area contributed by atoms with Gasteiger partial charge in [-0.15, -0.1) is 0 Å². The molecular weight excluding hydrogens is 226 g/mol. The summed E-state index contributed by atoms with van der Waals surface area (Å²) in [5.41, 5.74) is 0. The molecule has 1 N–H and O–H groups in total. The standard InChI is InChI=1S/C14H29N3O/c1-12(2)15-10-13-6-5-8-17(11-13)9-7-14(18)16(3)4/h12-13,15H,5-11H2,1-4H3. The van der Waals surface area contributed by atoms with Crippen LogP contribution in [0.4, 0.5) is 0 Å². The molecule has 1 aliphatic rings. The second-order valence-electron chi connectivity index (χ2n) is 5.91. The number of rotatable bonds is 6. The first-order valence-electron chi connectivity index (χ1n) is 7.15. The summed E-state index contributed by atoms with van der Waals surface area (Å²) < 4.78 is 0. The molecular formula is C14H29N3O. The molecule has 1 unspecified atom stereocenters. The highest BCUT2D eigenvalue weighted by Gasteiger charge is 2.20. The van der Waals surface area contributed by atoms with Crippen molar-refractivity contribution in [3.8, 4) is 0 Å². The highest BCUT2D eigenvalue weighted by Crippen LogP contribution is 2.16. The van der Waals surface area contributed by atoms with Gasteiger partial charge in [-0.1, -0.05) is 13.8 Å². The van der Waals surface area contributed by atoms with Gasteiger partial charge in [-0.05, 0) is 31.8 Å². The molecule has 1 fully saturated rings. The van der Waals surface area contributed by atoms with E-state index >= 15 is 0 Å². The van der Waals surface area contributed by atoms with Crippen molar-refractivity contribution >= 4 is 5.91 Å². The van der Waals surface area contributed by atoms with E-state index in [9.17, 15) is 4.79 Å². The Morgan fingerprint density at radius 3 is 2.78 bits per heavy atom. The minimum atomic E-state index is 0.234. The predicted octanol–water partition coefficient (Wildman–Crippen LogP) is 1.17. The lowest BCUT2D eigenvalue weighted by Gasteiger charge is -2.33. The molecule has 4 nitrogen and oxygen atoms in total. The van der Waals surface area contributed by atoms with Crippen molar-refractivity contribution in [1.29, 1.82) is 0 Å². The predicted molar refractivity (Wildman–Crippen MR) is 75.6 cm³/mol. The smallest absolute Gasteiger partial charge is 0.223 e. The fraction of sp³-hybridized carbons (Fsp3) is 0.929. The number of amides is 1. The Balaban J connectivity index is 2.24. The van der Waals surface area contributed by atoms with Gasteiger partial charge in [0.25, 0.3) is 0 Å². The van der Waals surface area contributed by atoms with Crippen LogP contribution >= 0.6 is 0 Å². The zero-order chi connectivity index (χ0) is 13.5. The summed E-state index contributed by atoms with van der Waals surface area (Å²) in [6.07, 6.45) is 3.23. The van der Waals surface area contributed by atoms with Gasteiger partial charge in [0.1, 0.15) is 0 Å². The van der Waals surface area contributed by atoms with E-state index in [0.717, 1.165) is 32.1 Å². The molecule has 0 aliphatic carbocycles. The van der Waals surface area contributed by atoms with Crippen LogP contribution in [0.25, 0.3) is 0 Å². The quantitative estimate of drug-likeness (QED) is 0.774. The minimum absolute atomic E-state index is 0.234. The van der Waals surface area contributed by atoms with Crippen molar-refractivity contribution in [3.63, 3.8) is 0 Å². The molecule has 1 rings (SSSR count). The summed E-state index contributed by atoms with van der Waals surface area (Å²) in [5, 5.41) is 3.52.